The molecule has 1 aliphatic heterocycles. The lowest BCUT2D eigenvalue weighted by Gasteiger charge is -2.50. The lowest BCUT2D eigenvalue weighted by atomic mass is 9.53. The fourth-order valence-electron chi connectivity index (χ4n) is 8.67. The molecule has 0 N–H and O–H groups in total. The average molecular weight is 682 g/mol. The van der Waals surface area contributed by atoms with Gasteiger partial charge in [-0.15, -0.1) is 0 Å². The van der Waals surface area contributed by atoms with Gasteiger partial charge in [0.2, 0.25) is 0 Å². The molecule has 0 bridgehead atoms. The normalized spacial score (nSPS) is 14.3. The topological polar surface area (TPSA) is 47.9 Å². The number of hydrogen-bond donors (Lipinski definition) is 0. The number of nitrogens with zero attached hydrogens (tertiary/aromatic N) is 3. The van der Waals surface area contributed by atoms with Crippen molar-refractivity contribution >= 4 is 0 Å². The molecule has 0 unspecified atom stereocenters. The van der Waals surface area contributed by atoms with Crippen LogP contribution < -0.4 is 4.74 Å². The number of hydrogen-bond acceptors (Lipinski definition) is 4. The second-order valence-corrected chi connectivity index (χ2v) is 14.4. The molecule has 252 valence electrons. The predicted molar refractivity (Wildman–Crippen MR) is 212 cm³/mol. The van der Waals surface area contributed by atoms with E-state index in [2.05, 4.69) is 146 Å². The molecule has 53 heavy (non-hydrogen) atoms. The minimum Gasteiger partial charge on any atom is -0.456 e. The molecule has 4 nitrogen and oxygen atoms in total. The summed E-state index contributed by atoms with van der Waals surface area (Å²) in [7, 11) is 0. The smallest absolute Gasteiger partial charge is 0.160 e. The summed E-state index contributed by atoms with van der Waals surface area (Å²) >= 11 is 0. The summed E-state index contributed by atoms with van der Waals surface area (Å²) < 4.78 is 7.07. The highest BCUT2D eigenvalue weighted by Gasteiger charge is 2.53. The van der Waals surface area contributed by atoms with Gasteiger partial charge in [0.1, 0.15) is 11.5 Å². The SMILES string of the molecule is CC1(C)c2ccccc2C2(c3ccccc3Oc3c(-c4cc(-c5ccccc5)nc(-c5cccc(-c6ccccn6)c5)n4)cccc32)c2ccccc21. The Morgan fingerprint density at radius 3 is 1.75 bits per heavy atom. The van der Waals surface area contributed by atoms with Crippen molar-refractivity contribution in [3.63, 3.8) is 0 Å². The molecule has 1 aliphatic carbocycles. The number of para-hydroxylation sites is 2. The molecular weight excluding hydrogens is 647 g/mol. The molecule has 0 radical (unpaired) electrons. The van der Waals surface area contributed by atoms with Gasteiger partial charge in [0.15, 0.2) is 5.82 Å². The number of aromatic nitrogens is 3. The number of rotatable bonds is 4. The van der Waals surface area contributed by atoms with Crippen molar-refractivity contribution < 1.29 is 4.74 Å². The van der Waals surface area contributed by atoms with Gasteiger partial charge in [-0.25, -0.2) is 9.97 Å². The summed E-state index contributed by atoms with van der Waals surface area (Å²) in [6, 6.07) is 59.7. The average Bonchev–Trinajstić information content (AvgIpc) is 3.23. The molecule has 0 saturated heterocycles. The maximum Gasteiger partial charge on any atom is 0.160 e. The fraction of sp³-hybridized carbons (Fsp3) is 0.0816. The van der Waals surface area contributed by atoms with Crippen LogP contribution in [0.5, 0.6) is 11.5 Å². The minimum atomic E-state index is -0.613. The molecule has 6 aromatic carbocycles. The number of benzene rings is 6. The van der Waals surface area contributed by atoms with Crippen molar-refractivity contribution in [1.29, 1.82) is 0 Å². The van der Waals surface area contributed by atoms with Crippen molar-refractivity contribution in [1.82, 2.24) is 15.0 Å². The van der Waals surface area contributed by atoms with Crippen molar-refractivity contribution in [3.8, 4) is 56.7 Å². The van der Waals surface area contributed by atoms with Crippen LogP contribution in [-0.2, 0) is 10.8 Å². The molecular formula is C49H35N3O. The predicted octanol–water partition coefficient (Wildman–Crippen LogP) is 11.7. The fourth-order valence-corrected chi connectivity index (χ4v) is 8.67. The lowest BCUT2D eigenvalue weighted by Crippen LogP contribution is -2.43. The molecule has 10 rings (SSSR count). The van der Waals surface area contributed by atoms with Gasteiger partial charge < -0.3 is 4.74 Å². The molecule has 8 aromatic rings. The number of pyridine rings is 1. The Hall–Kier alpha value is -6.65. The first-order valence-electron chi connectivity index (χ1n) is 18.1. The van der Waals surface area contributed by atoms with Crippen molar-refractivity contribution in [2.24, 2.45) is 0 Å². The Labute approximate surface area is 309 Å². The van der Waals surface area contributed by atoms with E-state index in [0.29, 0.717) is 5.82 Å². The lowest BCUT2D eigenvalue weighted by molar-refractivity contribution is 0.426. The van der Waals surface area contributed by atoms with Crippen LogP contribution in [0.1, 0.15) is 47.2 Å². The third-order valence-electron chi connectivity index (χ3n) is 11.1. The van der Waals surface area contributed by atoms with Crippen molar-refractivity contribution in [3.05, 3.63) is 209 Å². The Kier molecular flexibility index (Phi) is 7.02. The van der Waals surface area contributed by atoms with Crippen molar-refractivity contribution in [2.75, 3.05) is 0 Å². The molecule has 3 heterocycles. The van der Waals surface area contributed by atoms with Crippen molar-refractivity contribution in [2.45, 2.75) is 24.7 Å². The zero-order valence-corrected chi connectivity index (χ0v) is 29.5. The summed E-state index contributed by atoms with van der Waals surface area (Å²) in [5.74, 6) is 2.29. The highest BCUT2D eigenvalue weighted by molar-refractivity contribution is 5.83. The third-order valence-corrected chi connectivity index (χ3v) is 11.1. The summed E-state index contributed by atoms with van der Waals surface area (Å²) in [4.78, 5) is 15.1. The zero-order chi connectivity index (χ0) is 35.6. The third kappa shape index (κ3) is 4.72. The first kappa shape index (κ1) is 31.1. The molecule has 0 fully saturated rings. The largest absolute Gasteiger partial charge is 0.456 e. The van der Waals surface area contributed by atoms with E-state index < -0.39 is 5.41 Å². The summed E-state index contributed by atoms with van der Waals surface area (Å²) in [6.07, 6.45) is 1.82. The first-order valence-corrected chi connectivity index (χ1v) is 18.1. The molecule has 2 aliphatic rings. The van der Waals surface area contributed by atoms with E-state index in [1.807, 2.05) is 48.7 Å². The maximum atomic E-state index is 7.07. The molecule has 1 spiro atoms. The Morgan fingerprint density at radius 1 is 0.434 bits per heavy atom. The minimum absolute atomic E-state index is 0.195. The Bertz CT molecular complexity index is 2630. The number of fused-ring (bicyclic) bond motifs is 8. The standard InChI is InChI=1S/C49H35N3O/c1-48(2)36-21-6-8-23-38(36)49(39-24-9-7-22-37(39)48)40-25-10-11-28-45(40)53-46-35(20-15-26-41(46)49)44-31-43(32-16-4-3-5-17-32)51-47(52-44)34-19-14-18-33(30-34)42-27-12-13-29-50-42/h3-31H,1-2H3. The van der Waals surface area contributed by atoms with Crippen LogP contribution in [0.25, 0.3) is 45.2 Å². The van der Waals surface area contributed by atoms with Crippen LogP contribution in [0.15, 0.2) is 176 Å². The van der Waals surface area contributed by atoms with Crippen LogP contribution in [0, 0.1) is 0 Å². The summed E-state index contributed by atoms with van der Waals surface area (Å²) in [5.41, 5.74) is 13.0. The van der Waals surface area contributed by atoms with Crippen LogP contribution >= 0.6 is 0 Å². The zero-order valence-electron chi connectivity index (χ0n) is 29.5. The van der Waals surface area contributed by atoms with Gasteiger partial charge in [0.05, 0.1) is 22.5 Å². The van der Waals surface area contributed by atoms with Gasteiger partial charge in [0.25, 0.3) is 0 Å². The van der Waals surface area contributed by atoms with Gasteiger partial charge >= 0.3 is 0 Å². The second-order valence-electron chi connectivity index (χ2n) is 14.4. The molecule has 0 amide bonds. The Balaban J connectivity index is 1.25. The van der Waals surface area contributed by atoms with Gasteiger partial charge in [-0.1, -0.05) is 147 Å². The van der Waals surface area contributed by atoms with E-state index >= 15 is 0 Å². The highest BCUT2D eigenvalue weighted by atomic mass is 16.5. The van der Waals surface area contributed by atoms with E-state index in [1.165, 1.54) is 22.3 Å². The highest BCUT2D eigenvalue weighted by Crippen LogP contribution is 2.62. The molecule has 0 saturated carbocycles. The van der Waals surface area contributed by atoms with Gasteiger partial charge in [-0.2, -0.15) is 0 Å². The van der Waals surface area contributed by atoms with Crippen LogP contribution in [-0.4, -0.2) is 15.0 Å². The molecule has 2 aromatic heterocycles. The second kappa shape index (κ2) is 12.0. The monoisotopic (exact) mass is 681 g/mol. The molecule has 4 heteroatoms. The van der Waals surface area contributed by atoms with E-state index in [9.17, 15) is 0 Å². The van der Waals surface area contributed by atoms with Crippen LogP contribution in [0.3, 0.4) is 0 Å². The first-order chi connectivity index (χ1) is 26.0. The Morgan fingerprint density at radius 2 is 1.02 bits per heavy atom. The van der Waals surface area contributed by atoms with Crippen LogP contribution in [0.4, 0.5) is 0 Å². The van der Waals surface area contributed by atoms with Gasteiger partial charge in [-0.05, 0) is 58.7 Å². The quantitative estimate of drug-likeness (QED) is 0.185. The van der Waals surface area contributed by atoms with E-state index in [1.54, 1.807) is 0 Å². The summed E-state index contributed by atoms with van der Waals surface area (Å²) in [5, 5.41) is 0. The van der Waals surface area contributed by atoms with E-state index in [0.717, 1.165) is 62.0 Å². The van der Waals surface area contributed by atoms with Crippen LogP contribution in [0.2, 0.25) is 0 Å². The van der Waals surface area contributed by atoms with Gasteiger partial charge in [0, 0.05) is 45.0 Å². The summed E-state index contributed by atoms with van der Waals surface area (Å²) in [6.45, 7) is 4.69. The molecule has 0 atom stereocenters. The van der Waals surface area contributed by atoms with Gasteiger partial charge in [-0.3, -0.25) is 4.98 Å². The van der Waals surface area contributed by atoms with E-state index in [4.69, 9.17) is 14.7 Å². The maximum absolute atomic E-state index is 7.07. The number of ether oxygens (including phenoxy) is 1. The van der Waals surface area contributed by atoms with E-state index in [-0.39, 0.29) is 5.41 Å².